The minimum absolute atomic E-state index is 0.0519. The number of nitrogens with zero attached hydrogens (tertiary/aromatic N) is 3. The minimum atomic E-state index is -0.305. The van der Waals surface area contributed by atoms with E-state index < -0.39 is 0 Å². The molecule has 0 radical (unpaired) electrons. The summed E-state index contributed by atoms with van der Waals surface area (Å²) >= 11 is 0. The van der Waals surface area contributed by atoms with Crippen molar-refractivity contribution in [1.82, 2.24) is 15.0 Å². The van der Waals surface area contributed by atoms with Crippen LogP contribution in [0, 0.1) is 0 Å². The fourth-order valence-corrected chi connectivity index (χ4v) is 2.45. The van der Waals surface area contributed by atoms with E-state index in [0.717, 1.165) is 13.1 Å². The van der Waals surface area contributed by atoms with Crippen LogP contribution in [0.25, 0.3) is 0 Å². The first kappa shape index (κ1) is 15.1. The van der Waals surface area contributed by atoms with Crippen LogP contribution in [0.15, 0.2) is 4.52 Å². The Kier molecular flexibility index (Phi) is 4.88. The molecule has 0 N–H and O–H groups in total. The van der Waals surface area contributed by atoms with E-state index in [-0.39, 0.29) is 17.8 Å². The fourth-order valence-electron chi connectivity index (χ4n) is 2.45. The first-order valence-electron chi connectivity index (χ1n) is 7.22. The summed E-state index contributed by atoms with van der Waals surface area (Å²) in [4.78, 5) is 18.2. The number of carbonyl (C=O) groups is 1. The van der Waals surface area contributed by atoms with Crippen molar-refractivity contribution in [2.75, 3.05) is 19.7 Å². The van der Waals surface area contributed by atoms with E-state index in [4.69, 9.17) is 9.26 Å². The smallest absolute Gasteiger partial charge is 0.237 e. The molecule has 2 atom stereocenters. The first-order valence-corrected chi connectivity index (χ1v) is 7.22. The molecule has 6 nitrogen and oxygen atoms in total. The Morgan fingerprint density at radius 1 is 1.50 bits per heavy atom. The fraction of sp³-hybridized carbons (Fsp3) is 0.786. The molecule has 0 aromatic carbocycles. The van der Waals surface area contributed by atoms with Gasteiger partial charge in [0.25, 0.3) is 0 Å². The highest BCUT2D eigenvalue weighted by Crippen LogP contribution is 2.24. The summed E-state index contributed by atoms with van der Waals surface area (Å²) in [5.74, 6) is 0.697. The molecule has 0 saturated carbocycles. The standard InChI is InChI=1S/C14H23N3O3/c1-5-11(10(4)18)14-15-13(16-20-14)12-8-17(9(2)3)6-7-19-12/h9,11-12H,5-8H2,1-4H3. The average molecular weight is 281 g/mol. The van der Waals surface area contributed by atoms with Gasteiger partial charge in [-0.3, -0.25) is 9.69 Å². The van der Waals surface area contributed by atoms with E-state index in [9.17, 15) is 4.79 Å². The van der Waals surface area contributed by atoms with Crippen molar-refractivity contribution in [2.45, 2.75) is 52.2 Å². The van der Waals surface area contributed by atoms with Crippen molar-refractivity contribution in [2.24, 2.45) is 0 Å². The summed E-state index contributed by atoms with van der Waals surface area (Å²) in [6.45, 7) is 10.1. The second-order valence-electron chi connectivity index (χ2n) is 5.51. The minimum Gasteiger partial charge on any atom is -0.367 e. The molecule has 112 valence electrons. The molecule has 0 amide bonds. The summed E-state index contributed by atoms with van der Waals surface area (Å²) in [6.07, 6.45) is 0.494. The number of ketones is 1. The van der Waals surface area contributed by atoms with Gasteiger partial charge in [0, 0.05) is 19.1 Å². The molecule has 1 aliphatic rings. The van der Waals surface area contributed by atoms with Crippen LogP contribution in [-0.4, -0.2) is 46.6 Å². The number of hydrogen-bond acceptors (Lipinski definition) is 6. The number of morpholine rings is 1. The molecular formula is C14H23N3O3. The molecule has 2 heterocycles. The van der Waals surface area contributed by atoms with Gasteiger partial charge in [-0.1, -0.05) is 12.1 Å². The maximum Gasteiger partial charge on any atom is 0.237 e. The molecule has 2 rings (SSSR count). The van der Waals surface area contributed by atoms with E-state index >= 15 is 0 Å². The monoisotopic (exact) mass is 281 g/mol. The molecule has 20 heavy (non-hydrogen) atoms. The van der Waals surface area contributed by atoms with Crippen LogP contribution in [-0.2, 0) is 9.53 Å². The summed E-state index contributed by atoms with van der Waals surface area (Å²) in [5, 5.41) is 3.99. The molecule has 1 fully saturated rings. The third kappa shape index (κ3) is 3.24. The second kappa shape index (κ2) is 6.45. The largest absolute Gasteiger partial charge is 0.367 e. The molecule has 0 spiro atoms. The lowest BCUT2D eigenvalue weighted by Gasteiger charge is -2.34. The molecule has 1 aromatic rings. The summed E-state index contributed by atoms with van der Waals surface area (Å²) in [6, 6.07) is 0.466. The Balaban J connectivity index is 2.10. The quantitative estimate of drug-likeness (QED) is 0.821. The predicted octanol–water partition coefficient (Wildman–Crippen LogP) is 1.93. The molecular weight excluding hydrogens is 258 g/mol. The maximum absolute atomic E-state index is 11.5. The van der Waals surface area contributed by atoms with Crippen LogP contribution in [0.4, 0.5) is 0 Å². The van der Waals surface area contributed by atoms with Gasteiger partial charge in [-0.15, -0.1) is 0 Å². The number of carbonyl (C=O) groups excluding carboxylic acids is 1. The van der Waals surface area contributed by atoms with Gasteiger partial charge in [-0.2, -0.15) is 4.98 Å². The van der Waals surface area contributed by atoms with Gasteiger partial charge in [0.1, 0.15) is 11.9 Å². The third-order valence-electron chi connectivity index (χ3n) is 3.77. The van der Waals surface area contributed by atoms with Crippen molar-refractivity contribution >= 4 is 5.78 Å². The van der Waals surface area contributed by atoms with Crippen LogP contribution >= 0.6 is 0 Å². The molecule has 1 saturated heterocycles. The second-order valence-corrected chi connectivity index (χ2v) is 5.51. The number of hydrogen-bond donors (Lipinski definition) is 0. The Morgan fingerprint density at radius 3 is 2.85 bits per heavy atom. The van der Waals surface area contributed by atoms with Gasteiger partial charge in [0.05, 0.1) is 12.5 Å². The Morgan fingerprint density at radius 2 is 2.25 bits per heavy atom. The Labute approximate surface area is 119 Å². The lowest BCUT2D eigenvalue weighted by Crippen LogP contribution is -2.42. The van der Waals surface area contributed by atoms with Crippen molar-refractivity contribution in [3.8, 4) is 0 Å². The summed E-state index contributed by atoms with van der Waals surface area (Å²) in [5.41, 5.74) is 0. The maximum atomic E-state index is 11.5. The van der Waals surface area contributed by atoms with Gasteiger partial charge in [0.2, 0.25) is 11.7 Å². The number of ether oxygens (including phenoxy) is 1. The zero-order chi connectivity index (χ0) is 14.7. The highest BCUT2D eigenvalue weighted by molar-refractivity contribution is 5.82. The van der Waals surface area contributed by atoms with E-state index in [2.05, 4.69) is 28.9 Å². The van der Waals surface area contributed by atoms with E-state index in [0.29, 0.717) is 30.8 Å². The average Bonchev–Trinajstić information content (AvgIpc) is 2.89. The SMILES string of the molecule is CCC(C(C)=O)c1nc(C2CN(C(C)C)CCO2)no1. The molecule has 2 unspecified atom stereocenters. The molecule has 1 aromatic heterocycles. The molecule has 0 bridgehead atoms. The highest BCUT2D eigenvalue weighted by Gasteiger charge is 2.29. The van der Waals surface area contributed by atoms with Crippen molar-refractivity contribution in [3.63, 3.8) is 0 Å². The first-order chi connectivity index (χ1) is 9.52. The number of rotatable bonds is 5. The number of aromatic nitrogens is 2. The van der Waals surface area contributed by atoms with Crippen LogP contribution in [0.1, 0.15) is 57.9 Å². The van der Waals surface area contributed by atoms with Gasteiger partial charge in [0.15, 0.2) is 0 Å². The normalized spacial score (nSPS) is 22.1. The van der Waals surface area contributed by atoms with Crippen LogP contribution in [0.5, 0.6) is 0 Å². The zero-order valence-corrected chi connectivity index (χ0v) is 12.6. The molecule has 6 heteroatoms. The molecule has 0 aliphatic carbocycles. The zero-order valence-electron chi connectivity index (χ0n) is 12.6. The van der Waals surface area contributed by atoms with Gasteiger partial charge in [-0.05, 0) is 27.2 Å². The predicted molar refractivity (Wildman–Crippen MR) is 73.4 cm³/mol. The van der Waals surface area contributed by atoms with Crippen LogP contribution < -0.4 is 0 Å². The summed E-state index contributed by atoms with van der Waals surface area (Å²) < 4.78 is 11.0. The van der Waals surface area contributed by atoms with Crippen LogP contribution in [0.2, 0.25) is 0 Å². The lowest BCUT2D eigenvalue weighted by atomic mass is 10.0. The van der Waals surface area contributed by atoms with Gasteiger partial charge >= 0.3 is 0 Å². The Hall–Kier alpha value is -1.27. The van der Waals surface area contributed by atoms with Crippen LogP contribution in [0.3, 0.4) is 0 Å². The van der Waals surface area contributed by atoms with E-state index in [1.54, 1.807) is 6.92 Å². The third-order valence-corrected chi connectivity index (χ3v) is 3.77. The van der Waals surface area contributed by atoms with Gasteiger partial charge < -0.3 is 9.26 Å². The van der Waals surface area contributed by atoms with E-state index in [1.165, 1.54) is 0 Å². The van der Waals surface area contributed by atoms with Crippen molar-refractivity contribution in [3.05, 3.63) is 11.7 Å². The van der Waals surface area contributed by atoms with Crippen molar-refractivity contribution < 1.29 is 14.1 Å². The van der Waals surface area contributed by atoms with Crippen molar-refractivity contribution in [1.29, 1.82) is 0 Å². The Bertz CT molecular complexity index is 458. The lowest BCUT2D eigenvalue weighted by molar-refractivity contribution is -0.119. The van der Waals surface area contributed by atoms with Gasteiger partial charge in [-0.25, -0.2) is 0 Å². The topological polar surface area (TPSA) is 68.5 Å². The highest BCUT2D eigenvalue weighted by atomic mass is 16.5. The number of Topliss-reactive ketones (excluding diaryl/α,β-unsaturated/α-hetero) is 1. The van der Waals surface area contributed by atoms with E-state index in [1.807, 2.05) is 6.92 Å². The summed E-state index contributed by atoms with van der Waals surface area (Å²) in [7, 11) is 0. The molecule has 1 aliphatic heterocycles.